The van der Waals surface area contributed by atoms with E-state index in [1.54, 1.807) is 43.8 Å². The van der Waals surface area contributed by atoms with Gasteiger partial charge in [-0.1, -0.05) is 6.07 Å². The number of hydrogen-bond acceptors (Lipinski definition) is 4. The second kappa shape index (κ2) is 7.13. The van der Waals surface area contributed by atoms with Crippen LogP contribution in [0, 0.1) is 0 Å². The molecule has 0 saturated carbocycles. The lowest BCUT2D eigenvalue weighted by Crippen LogP contribution is -2.33. The molecule has 0 saturated heterocycles. The molecule has 0 aliphatic heterocycles. The van der Waals surface area contributed by atoms with Gasteiger partial charge in [0.15, 0.2) is 0 Å². The molecule has 0 aliphatic rings. The Morgan fingerprint density at radius 3 is 2.43 bits per heavy atom. The maximum Gasteiger partial charge on any atom is 0.251 e. The standard InChI is InChI=1S/C16H19NO3S/c1-11(7-15-5-4-6-21-15)17-16(18)12-8-13(19-2)10-14(9-12)20-3/h4-6,8-11H,7H2,1-3H3,(H,17,18). The van der Waals surface area contributed by atoms with E-state index in [1.807, 2.05) is 18.4 Å². The van der Waals surface area contributed by atoms with Crippen molar-refractivity contribution in [3.8, 4) is 11.5 Å². The summed E-state index contributed by atoms with van der Waals surface area (Å²) in [6.07, 6.45) is 0.824. The highest BCUT2D eigenvalue weighted by Gasteiger charge is 2.13. The van der Waals surface area contributed by atoms with Gasteiger partial charge < -0.3 is 14.8 Å². The highest BCUT2D eigenvalue weighted by Crippen LogP contribution is 2.22. The number of ether oxygens (including phenoxy) is 2. The van der Waals surface area contributed by atoms with Crippen molar-refractivity contribution in [2.75, 3.05) is 14.2 Å². The summed E-state index contributed by atoms with van der Waals surface area (Å²) in [7, 11) is 3.13. The third-order valence-electron chi connectivity index (χ3n) is 3.08. The van der Waals surface area contributed by atoms with Gasteiger partial charge in [0.25, 0.3) is 5.91 Å². The summed E-state index contributed by atoms with van der Waals surface area (Å²) in [4.78, 5) is 13.6. The average molecular weight is 305 g/mol. The molecule has 1 N–H and O–H groups in total. The first-order valence-electron chi connectivity index (χ1n) is 6.68. The molecule has 0 spiro atoms. The number of thiophene rings is 1. The van der Waals surface area contributed by atoms with E-state index in [9.17, 15) is 4.79 Å². The fourth-order valence-corrected chi connectivity index (χ4v) is 2.86. The molecule has 1 heterocycles. The molecule has 0 radical (unpaired) electrons. The first-order chi connectivity index (χ1) is 10.1. The van der Waals surface area contributed by atoms with Crippen molar-refractivity contribution in [1.82, 2.24) is 5.32 Å². The monoisotopic (exact) mass is 305 g/mol. The number of carbonyl (C=O) groups excluding carboxylic acids is 1. The van der Waals surface area contributed by atoms with Crippen molar-refractivity contribution in [1.29, 1.82) is 0 Å². The van der Waals surface area contributed by atoms with Crippen LogP contribution in [0.15, 0.2) is 35.7 Å². The molecule has 5 heteroatoms. The Hall–Kier alpha value is -2.01. The minimum absolute atomic E-state index is 0.0633. The van der Waals surface area contributed by atoms with E-state index in [1.165, 1.54) is 4.88 Å². The Kier molecular flexibility index (Phi) is 5.22. The summed E-state index contributed by atoms with van der Waals surface area (Å²) in [5, 5.41) is 5.03. The molecule has 0 fully saturated rings. The quantitative estimate of drug-likeness (QED) is 0.892. The van der Waals surface area contributed by atoms with E-state index in [0.29, 0.717) is 17.1 Å². The summed E-state index contributed by atoms with van der Waals surface area (Å²) in [6, 6.07) is 9.30. The minimum Gasteiger partial charge on any atom is -0.497 e. The van der Waals surface area contributed by atoms with Gasteiger partial charge in [0.2, 0.25) is 0 Å². The molecular formula is C16H19NO3S. The molecule has 4 nitrogen and oxygen atoms in total. The van der Waals surface area contributed by atoms with Crippen LogP contribution < -0.4 is 14.8 Å². The summed E-state index contributed by atoms with van der Waals surface area (Å²) in [6.45, 7) is 2.00. The van der Waals surface area contributed by atoms with Crippen molar-refractivity contribution < 1.29 is 14.3 Å². The number of amides is 1. The van der Waals surface area contributed by atoms with Gasteiger partial charge in [0, 0.05) is 29.0 Å². The van der Waals surface area contributed by atoms with Crippen LogP contribution in [0.5, 0.6) is 11.5 Å². The van der Waals surface area contributed by atoms with Crippen LogP contribution in [-0.4, -0.2) is 26.2 Å². The van der Waals surface area contributed by atoms with Crippen molar-refractivity contribution in [2.24, 2.45) is 0 Å². The van der Waals surface area contributed by atoms with Crippen LogP contribution in [0.3, 0.4) is 0 Å². The molecule has 21 heavy (non-hydrogen) atoms. The highest BCUT2D eigenvalue weighted by atomic mass is 32.1. The van der Waals surface area contributed by atoms with Crippen molar-refractivity contribution in [2.45, 2.75) is 19.4 Å². The summed E-state index contributed by atoms with van der Waals surface area (Å²) < 4.78 is 10.4. The van der Waals surface area contributed by atoms with Crippen LogP contribution >= 0.6 is 11.3 Å². The molecule has 2 rings (SSSR count). The van der Waals surface area contributed by atoms with E-state index in [4.69, 9.17) is 9.47 Å². The van der Waals surface area contributed by atoms with Gasteiger partial charge in [-0.15, -0.1) is 11.3 Å². The van der Waals surface area contributed by atoms with Crippen LogP contribution in [0.1, 0.15) is 22.2 Å². The molecule has 0 aliphatic carbocycles. The third kappa shape index (κ3) is 4.23. The van der Waals surface area contributed by atoms with E-state index < -0.39 is 0 Å². The van der Waals surface area contributed by atoms with Crippen LogP contribution in [-0.2, 0) is 6.42 Å². The summed E-state index contributed by atoms with van der Waals surface area (Å²) in [5.74, 6) is 1.08. The van der Waals surface area contributed by atoms with Crippen LogP contribution in [0.2, 0.25) is 0 Å². The lowest BCUT2D eigenvalue weighted by molar-refractivity contribution is 0.0939. The Morgan fingerprint density at radius 1 is 1.24 bits per heavy atom. The predicted octanol–water partition coefficient (Wildman–Crippen LogP) is 3.13. The lowest BCUT2D eigenvalue weighted by Gasteiger charge is -2.14. The zero-order valence-electron chi connectivity index (χ0n) is 12.4. The Balaban J connectivity index is 2.05. The number of rotatable bonds is 6. The molecule has 1 unspecified atom stereocenters. The normalized spacial score (nSPS) is 11.8. The molecular weight excluding hydrogens is 286 g/mol. The van der Waals surface area contributed by atoms with Crippen molar-refractivity contribution >= 4 is 17.2 Å². The first-order valence-corrected chi connectivity index (χ1v) is 7.56. The number of hydrogen-bond donors (Lipinski definition) is 1. The summed E-state index contributed by atoms with van der Waals surface area (Å²) >= 11 is 1.69. The molecule has 1 aromatic heterocycles. The largest absolute Gasteiger partial charge is 0.497 e. The fraction of sp³-hybridized carbons (Fsp3) is 0.312. The number of carbonyl (C=O) groups is 1. The Labute approximate surface area is 128 Å². The average Bonchev–Trinajstić information content (AvgIpc) is 2.99. The minimum atomic E-state index is -0.128. The smallest absolute Gasteiger partial charge is 0.251 e. The van der Waals surface area contributed by atoms with Gasteiger partial charge in [0.05, 0.1) is 14.2 Å². The number of methoxy groups -OCH3 is 2. The van der Waals surface area contributed by atoms with E-state index in [-0.39, 0.29) is 11.9 Å². The number of nitrogens with one attached hydrogen (secondary N) is 1. The molecule has 1 amide bonds. The third-order valence-corrected chi connectivity index (χ3v) is 3.98. The first kappa shape index (κ1) is 15.4. The van der Waals surface area contributed by atoms with E-state index in [0.717, 1.165) is 6.42 Å². The fourth-order valence-electron chi connectivity index (χ4n) is 2.03. The molecule has 1 aromatic carbocycles. The lowest BCUT2D eigenvalue weighted by atomic mass is 10.1. The van der Waals surface area contributed by atoms with Gasteiger partial charge in [-0.25, -0.2) is 0 Å². The zero-order valence-corrected chi connectivity index (χ0v) is 13.2. The number of benzene rings is 1. The molecule has 1 atom stereocenters. The van der Waals surface area contributed by atoms with Crippen molar-refractivity contribution in [3.05, 3.63) is 46.2 Å². The van der Waals surface area contributed by atoms with Gasteiger partial charge >= 0.3 is 0 Å². The topological polar surface area (TPSA) is 47.6 Å². The van der Waals surface area contributed by atoms with Crippen molar-refractivity contribution in [3.63, 3.8) is 0 Å². The molecule has 112 valence electrons. The van der Waals surface area contributed by atoms with E-state index in [2.05, 4.69) is 11.4 Å². The molecule has 0 bridgehead atoms. The van der Waals surface area contributed by atoms with Gasteiger partial charge in [-0.05, 0) is 30.5 Å². The van der Waals surface area contributed by atoms with Gasteiger partial charge in [-0.2, -0.15) is 0 Å². The van der Waals surface area contributed by atoms with E-state index >= 15 is 0 Å². The zero-order chi connectivity index (χ0) is 15.2. The highest BCUT2D eigenvalue weighted by molar-refractivity contribution is 7.09. The van der Waals surface area contributed by atoms with Crippen LogP contribution in [0.25, 0.3) is 0 Å². The maximum absolute atomic E-state index is 12.3. The Bertz CT molecular complexity index is 573. The predicted molar refractivity (Wildman–Crippen MR) is 84.5 cm³/mol. The van der Waals surface area contributed by atoms with Gasteiger partial charge in [-0.3, -0.25) is 4.79 Å². The second-order valence-corrected chi connectivity index (χ2v) is 5.79. The maximum atomic E-state index is 12.3. The summed E-state index contributed by atoms with van der Waals surface area (Å²) in [5.41, 5.74) is 0.532. The van der Waals surface area contributed by atoms with Crippen LogP contribution in [0.4, 0.5) is 0 Å². The second-order valence-electron chi connectivity index (χ2n) is 4.76. The SMILES string of the molecule is COc1cc(OC)cc(C(=O)NC(C)Cc2cccs2)c1. The van der Waals surface area contributed by atoms with Gasteiger partial charge in [0.1, 0.15) is 11.5 Å². The Morgan fingerprint density at radius 2 is 1.90 bits per heavy atom. The molecule has 2 aromatic rings.